The third-order valence-electron chi connectivity index (χ3n) is 11.1. The van der Waals surface area contributed by atoms with E-state index in [1.165, 1.54) is 24.8 Å². The van der Waals surface area contributed by atoms with Crippen molar-refractivity contribution in [3.8, 4) is 5.75 Å². The second-order valence-corrected chi connectivity index (χ2v) is 16.5. The molecule has 48 heavy (non-hydrogen) atoms. The summed E-state index contributed by atoms with van der Waals surface area (Å²) in [5, 5.41) is 1.02. The predicted octanol–water partition coefficient (Wildman–Crippen LogP) is 4.71. The highest BCUT2D eigenvalue weighted by molar-refractivity contribution is 7.90. The molecular formula is C37H45N3O7S. The second-order valence-electron chi connectivity index (χ2n) is 14.8. The predicted molar refractivity (Wildman–Crippen MR) is 181 cm³/mol. The largest absolute Gasteiger partial charge is 0.496 e. The van der Waals surface area contributed by atoms with Crippen molar-refractivity contribution in [2.24, 2.45) is 11.8 Å². The Morgan fingerprint density at radius 2 is 1.75 bits per heavy atom. The van der Waals surface area contributed by atoms with Gasteiger partial charge in [-0.25, -0.2) is 13.1 Å². The number of hydrogen-bond acceptors (Lipinski definition) is 7. The third kappa shape index (κ3) is 5.33. The molecule has 1 saturated carbocycles. The van der Waals surface area contributed by atoms with Crippen molar-refractivity contribution in [2.75, 3.05) is 39.3 Å². The number of nitrogens with zero attached hydrogens (tertiary/aromatic N) is 2. The lowest BCUT2D eigenvalue weighted by molar-refractivity contribution is -0.172. The van der Waals surface area contributed by atoms with E-state index in [1.54, 1.807) is 7.11 Å². The number of allylic oxidation sites excluding steroid dienone is 4. The zero-order chi connectivity index (χ0) is 33.3. The number of methoxy groups -OCH3 is 1. The first-order chi connectivity index (χ1) is 23.2. The van der Waals surface area contributed by atoms with Crippen molar-refractivity contribution in [3.05, 3.63) is 63.9 Å². The van der Waals surface area contributed by atoms with Crippen LogP contribution in [0.25, 0.3) is 10.9 Å². The lowest BCUT2D eigenvalue weighted by Crippen LogP contribution is -2.63. The molecule has 256 valence electrons. The van der Waals surface area contributed by atoms with Crippen molar-refractivity contribution in [1.29, 1.82) is 0 Å². The van der Waals surface area contributed by atoms with Gasteiger partial charge in [0.1, 0.15) is 5.75 Å². The minimum atomic E-state index is -3.81. The molecule has 2 aromatic rings. The summed E-state index contributed by atoms with van der Waals surface area (Å²) in [5.74, 6) is -0.289. The standard InChI is InChI=1S/C37H45N3O7S/c1-21(2)20-48(43,44)38-36(41)34-29-15-39-30(14-28-31(45-3)13-12-25(35(28)39)22-8-5-4-6-9-22)32-26(33(29)34)10-7-11-27(32)37(42)40-23-16-46-18-24(40)19-47-17-23/h7,10,12-14,21-24,27,32H,4-6,8-9,11,15-20H2,1-3H3,(H,38,41)/t23?,24?,27-,32?/m1/s1. The first-order valence-corrected chi connectivity index (χ1v) is 19.2. The Balaban J connectivity index is 1.29. The van der Waals surface area contributed by atoms with Gasteiger partial charge in [-0.1, -0.05) is 51.3 Å². The average Bonchev–Trinajstić information content (AvgIpc) is 3.69. The summed E-state index contributed by atoms with van der Waals surface area (Å²) in [6.45, 7) is 5.87. The number of rotatable bonds is 7. The van der Waals surface area contributed by atoms with Gasteiger partial charge in [-0.05, 0) is 65.5 Å². The molecule has 2 atom stereocenters. The molecule has 2 saturated heterocycles. The van der Waals surface area contributed by atoms with Crippen LogP contribution in [0.4, 0.5) is 0 Å². The van der Waals surface area contributed by atoms with Crippen LogP contribution in [0.15, 0.2) is 52.6 Å². The van der Waals surface area contributed by atoms with Crippen LogP contribution in [0.5, 0.6) is 5.75 Å². The fourth-order valence-electron chi connectivity index (χ4n) is 9.13. The first-order valence-electron chi connectivity index (χ1n) is 17.5. The second kappa shape index (κ2) is 12.2. The van der Waals surface area contributed by atoms with Crippen molar-refractivity contribution >= 4 is 32.7 Å². The molecule has 1 aromatic heterocycles. The number of carbonyl (C=O) groups excluding carboxylic acids is 2. The van der Waals surface area contributed by atoms with E-state index in [-0.39, 0.29) is 35.6 Å². The molecule has 3 fully saturated rings. The third-order valence-corrected chi connectivity index (χ3v) is 12.7. The molecule has 2 amide bonds. The molecule has 3 aliphatic carbocycles. The average molecular weight is 676 g/mol. The lowest BCUT2D eigenvalue weighted by atomic mass is 9.75. The molecule has 4 heterocycles. The van der Waals surface area contributed by atoms with E-state index in [9.17, 15) is 18.0 Å². The lowest BCUT2D eigenvalue weighted by Gasteiger charge is -2.47. The molecule has 6 aliphatic rings. The molecule has 1 N–H and O–H groups in total. The molecule has 0 radical (unpaired) electrons. The normalized spacial score (nSPS) is 27.0. The van der Waals surface area contributed by atoms with Crippen LogP contribution in [0.3, 0.4) is 0 Å². The number of nitrogens with one attached hydrogen (secondary N) is 1. The Bertz CT molecular complexity index is 1860. The summed E-state index contributed by atoms with van der Waals surface area (Å²) < 4.78 is 48.1. The summed E-state index contributed by atoms with van der Waals surface area (Å²) in [6.07, 6.45) is 10.5. The Morgan fingerprint density at radius 3 is 2.42 bits per heavy atom. The highest BCUT2D eigenvalue weighted by atomic mass is 32.2. The molecule has 10 nitrogen and oxygen atoms in total. The van der Waals surface area contributed by atoms with Crippen LogP contribution in [-0.4, -0.2) is 81.1 Å². The van der Waals surface area contributed by atoms with E-state index >= 15 is 0 Å². The van der Waals surface area contributed by atoms with E-state index in [1.807, 2.05) is 24.8 Å². The maximum Gasteiger partial charge on any atom is 0.265 e. The Labute approximate surface area is 282 Å². The van der Waals surface area contributed by atoms with Crippen LogP contribution < -0.4 is 9.46 Å². The summed E-state index contributed by atoms with van der Waals surface area (Å²) >= 11 is 0. The van der Waals surface area contributed by atoms with E-state index in [4.69, 9.17) is 14.2 Å². The van der Waals surface area contributed by atoms with E-state index in [0.29, 0.717) is 50.9 Å². The van der Waals surface area contributed by atoms with E-state index in [0.717, 1.165) is 51.9 Å². The molecule has 11 heteroatoms. The number of hydrogen-bond donors (Lipinski definition) is 1. The van der Waals surface area contributed by atoms with Crippen LogP contribution >= 0.6 is 0 Å². The van der Waals surface area contributed by atoms with E-state index in [2.05, 4.69) is 33.6 Å². The Kier molecular flexibility index (Phi) is 8.07. The van der Waals surface area contributed by atoms with Gasteiger partial charge in [0.25, 0.3) is 5.91 Å². The van der Waals surface area contributed by atoms with Crippen LogP contribution in [0, 0.1) is 11.8 Å². The number of carbonyl (C=O) groups is 2. The number of ether oxygens (including phenoxy) is 3. The zero-order valence-corrected chi connectivity index (χ0v) is 28.8. The fraction of sp³-hybridized carbons (Fsp3) is 0.568. The van der Waals surface area contributed by atoms with Gasteiger partial charge in [0.15, 0.2) is 0 Å². The maximum absolute atomic E-state index is 14.8. The van der Waals surface area contributed by atoms with Crippen LogP contribution in [0.2, 0.25) is 0 Å². The van der Waals surface area contributed by atoms with Gasteiger partial charge in [0, 0.05) is 23.5 Å². The minimum Gasteiger partial charge on any atom is -0.496 e. The van der Waals surface area contributed by atoms with Crippen LogP contribution in [0.1, 0.15) is 75.5 Å². The minimum absolute atomic E-state index is 0.0786. The molecule has 1 unspecified atom stereocenters. The van der Waals surface area contributed by atoms with Gasteiger partial charge < -0.3 is 23.7 Å². The highest BCUT2D eigenvalue weighted by Crippen LogP contribution is 2.55. The summed E-state index contributed by atoms with van der Waals surface area (Å²) in [7, 11) is -2.12. The van der Waals surface area contributed by atoms with Crippen molar-refractivity contribution < 1.29 is 32.2 Å². The van der Waals surface area contributed by atoms with Gasteiger partial charge in [0.05, 0.1) is 68.4 Å². The van der Waals surface area contributed by atoms with Crippen molar-refractivity contribution in [2.45, 2.75) is 82.8 Å². The quantitative estimate of drug-likeness (QED) is 0.452. The van der Waals surface area contributed by atoms with E-state index < -0.39 is 21.8 Å². The zero-order valence-electron chi connectivity index (χ0n) is 28.0. The number of sulfonamides is 1. The summed E-state index contributed by atoms with van der Waals surface area (Å²) in [4.78, 5) is 30.5. The molecule has 0 spiro atoms. The summed E-state index contributed by atoms with van der Waals surface area (Å²) in [6, 6.07) is 6.22. The van der Waals surface area contributed by atoms with Gasteiger partial charge in [-0.2, -0.15) is 0 Å². The number of aromatic nitrogens is 1. The molecule has 8 rings (SSSR count). The summed E-state index contributed by atoms with van der Waals surface area (Å²) in [5.41, 5.74) is 6.41. The highest BCUT2D eigenvalue weighted by Gasteiger charge is 2.50. The van der Waals surface area contributed by atoms with Gasteiger partial charge >= 0.3 is 0 Å². The van der Waals surface area contributed by atoms with Crippen LogP contribution in [-0.2, 0) is 35.6 Å². The van der Waals surface area contributed by atoms with Gasteiger partial charge in [-0.3, -0.25) is 9.59 Å². The fourth-order valence-corrected chi connectivity index (χ4v) is 10.5. The van der Waals surface area contributed by atoms with Crippen molar-refractivity contribution in [3.63, 3.8) is 0 Å². The number of benzene rings is 1. The topological polar surface area (TPSA) is 116 Å². The maximum atomic E-state index is 14.8. The SMILES string of the molecule is COc1ccc(C2CCCCC2)c2c1cc1n2CC2=C(C(=O)NS(=O)(=O)CC(C)C)C2=C2C=CC[C@@H](C(=O)N3C4COCC3COC4)C21. The number of amides is 2. The first kappa shape index (κ1) is 31.8. The monoisotopic (exact) mass is 675 g/mol. The smallest absolute Gasteiger partial charge is 0.265 e. The Hall–Kier alpha value is -3.41. The number of fused-ring (bicyclic) bond motifs is 8. The van der Waals surface area contributed by atoms with Gasteiger partial charge in [0.2, 0.25) is 15.9 Å². The van der Waals surface area contributed by atoms with Gasteiger partial charge in [-0.15, -0.1) is 0 Å². The molecule has 1 aromatic carbocycles. The number of morpholine rings is 2. The molecular weight excluding hydrogens is 630 g/mol. The molecule has 2 bridgehead atoms. The Morgan fingerprint density at radius 1 is 1.04 bits per heavy atom. The van der Waals surface area contributed by atoms with Crippen molar-refractivity contribution in [1.82, 2.24) is 14.2 Å². The molecule has 3 aliphatic heterocycles.